The topological polar surface area (TPSA) is 64.7 Å². The molecule has 90 valence electrons. The molecule has 1 heterocycles. The molecule has 0 spiro atoms. The Labute approximate surface area is 91.7 Å². The molecular formula is C11H23NO3. The van der Waals surface area contributed by atoms with Gasteiger partial charge in [0.1, 0.15) is 0 Å². The summed E-state index contributed by atoms with van der Waals surface area (Å²) in [5.74, 6) is -0.515. The van der Waals surface area contributed by atoms with Crippen LogP contribution in [0.4, 0.5) is 0 Å². The highest BCUT2D eigenvalue weighted by atomic mass is 16.7. The number of rotatable bonds is 4. The van der Waals surface area contributed by atoms with Gasteiger partial charge < -0.3 is 20.3 Å². The molecule has 1 aliphatic rings. The summed E-state index contributed by atoms with van der Waals surface area (Å²) >= 11 is 0. The van der Waals surface area contributed by atoms with Crippen LogP contribution >= 0.6 is 0 Å². The Morgan fingerprint density at radius 3 is 2.27 bits per heavy atom. The van der Waals surface area contributed by atoms with Gasteiger partial charge in [-0.15, -0.1) is 0 Å². The standard InChI is InChI=1S/C11H23NO3/c1-3-5-11(6-4-2)14-7-9(12)10(13)8-15-11/h9-10,13H,3-8,12H2,1-2H3. The Morgan fingerprint density at radius 2 is 1.73 bits per heavy atom. The van der Waals surface area contributed by atoms with Crippen molar-refractivity contribution in [3.8, 4) is 0 Å². The molecule has 0 aromatic heterocycles. The molecule has 0 aromatic carbocycles. The van der Waals surface area contributed by atoms with Gasteiger partial charge in [0.2, 0.25) is 0 Å². The maximum atomic E-state index is 9.60. The van der Waals surface area contributed by atoms with Gasteiger partial charge >= 0.3 is 0 Å². The monoisotopic (exact) mass is 217 g/mol. The summed E-state index contributed by atoms with van der Waals surface area (Å²) in [5.41, 5.74) is 5.74. The van der Waals surface area contributed by atoms with Crippen LogP contribution in [0.5, 0.6) is 0 Å². The second-order valence-corrected chi connectivity index (χ2v) is 4.26. The number of hydrogen-bond acceptors (Lipinski definition) is 4. The Bertz CT molecular complexity index is 167. The Balaban J connectivity index is 2.63. The van der Waals surface area contributed by atoms with E-state index in [1.54, 1.807) is 0 Å². The fourth-order valence-corrected chi connectivity index (χ4v) is 1.94. The van der Waals surface area contributed by atoms with Crippen LogP contribution in [-0.2, 0) is 9.47 Å². The van der Waals surface area contributed by atoms with Crippen molar-refractivity contribution in [1.82, 2.24) is 0 Å². The Morgan fingerprint density at radius 1 is 1.20 bits per heavy atom. The van der Waals surface area contributed by atoms with E-state index in [1.165, 1.54) is 0 Å². The molecule has 15 heavy (non-hydrogen) atoms. The number of ether oxygens (including phenoxy) is 2. The Kier molecular flexibility index (Phi) is 4.99. The molecule has 1 aliphatic heterocycles. The average molecular weight is 217 g/mol. The van der Waals surface area contributed by atoms with Crippen LogP contribution < -0.4 is 5.73 Å². The number of aliphatic hydroxyl groups is 1. The highest BCUT2D eigenvalue weighted by Gasteiger charge is 2.35. The van der Waals surface area contributed by atoms with Crippen LogP contribution in [0.1, 0.15) is 39.5 Å². The summed E-state index contributed by atoms with van der Waals surface area (Å²) in [6.07, 6.45) is 3.12. The molecule has 1 saturated heterocycles. The quantitative estimate of drug-likeness (QED) is 0.738. The predicted octanol–water partition coefficient (Wildman–Crippen LogP) is 1.02. The van der Waals surface area contributed by atoms with Crippen molar-refractivity contribution in [1.29, 1.82) is 0 Å². The highest BCUT2D eigenvalue weighted by Crippen LogP contribution is 2.28. The van der Waals surface area contributed by atoms with E-state index in [1.807, 2.05) is 0 Å². The minimum atomic E-state index is -0.611. The Hall–Kier alpha value is -0.160. The number of nitrogens with two attached hydrogens (primary N) is 1. The SMILES string of the molecule is CCCC1(CCC)OCC(N)C(O)CO1. The van der Waals surface area contributed by atoms with Crippen LogP contribution in [0.15, 0.2) is 0 Å². The van der Waals surface area contributed by atoms with Gasteiger partial charge in [0.25, 0.3) is 0 Å². The number of hydrogen-bond donors (Lipinski definition) is 2. The van der Waals surface area contributed by atoms with Crippen molar-refractivity contribution in [2.75, 3.05) is 13.2 Å². The lowest BCUT2D eigenvalue weighted by Gasteiger charge is -2.31. The molecule has 0 aromatic rings. The zero-order valence-electron chi connectivity index (χ0n) is 9.74. The van der Waals surface area contributed by atoms with Gasteiger partial charge in [-0.25, -0.2) is 0 Å². The molecule has 4 nitrogen and oxygen atoms in total. The third kappa shape index (κ3) is 3.41. The first-order valence-electron chi connectivity index (χ1n) is 5.85. The van der Waals surface area contributed by atoms with Crippen molar-refractivity contribution in [3.63, 3.8) is 0 Å². The third-order valence-corrected chi connectivity index (χ3v) is 2.81. The van der Waals surface area contributed by atoms with Gasteiger partial charge in [-0.3, -0.25) is 0 Å². The summed E-state index contributed by atoms with van der Waals surface area (Å²) in [4.78, 5) is 0. The summed E-state index contributed by atoms with van der Waals surface area (Å²) in [7, 11) is 0. The smallest absolute Gasteiger partial charge is 0.168 e. The molecule has 2 atom stereocenters. The van der Waals surface area contributed by atoms with Crippen molar-refractivity contribution in [2.45, 2.75) is 57.5 Å². The summed E-state index contributed by atoms with van der Waals surface area (Å²) < 4.78 is 11.4. The lowest BCUT2D eigenvalue weighted by molar-refractivity contribution is -0.236. The minimum absolute atomic E-state index is 0.279. The zero-order valence-corrected chi connectivity index (χ0v) is 9.74. The second-order valence-electron chi connectivity index (χ2n) is 4.26. The molecule has 0 radical (unpaired) electrons. The van der Waals surface area contributed by atoms with Gasteiger partial charge in [-0.1, -0.05) is 26.7 Å². The molecule has 3 N–H and O–H groups in total. The van der Waals surface area contributed by atoms with Crippen molar-refractivity contribution in [2.24, 2.45) is 5.73 Å². The normalized spacial score (nSPS) is 31.2. The lowest BCUT2D eigenvalue weighted by Crippen LogP contribution is -2.39. The van der Waals surface area contributed by atoms with E-state index < -0.39 is 11.9 Å². The molecule has 4 heteroatoms. The molecule has 1 rings (SSSR count). The molecule has 0 amide bonds. The van der Waals surface area contributed by atoms with E-state index in [0.717, 1.165) is 25.7 Å². The van der Waals surface area contributed by atoms with Crippen LogP contribution in [0, 0.1) is 0 Å². The molecular weight excluding hydrogens is 194 g/mol. The van der Waals surface area contributed by atoms with Crippen LogP contribution in [0.25, 0.3) is 0 Å². The summed E-state index contributed by atoms with van der Waals surface area (Å²) in [6.45, 7) is 4.86. The first-order valence-corrected chi connectivity index (χ1v) is 5.85. The summed E-state index contributed by atoms with van der Waals surface area (Å²) in [6, 6.07) is -0.333. The van der Waals surface area contributed by atoms with E-state index in [2.05, 4.69) is 13.8 Å². The predicted molar refractivity (Wildman–Crippen MR) is 58.4 cm³/mol. The molecule has 1 fully saturated rings. The highest BCUT2D eigenvalue weighted by molar-refractivity contribution is 4.80. The fraction of sp³-hybridized carbons (Fsp3) is 1.00. The van der Waals surface area contributed by atoms with E-state index in [-0.39, 0.29) is 12.6 Å². The van der Waals surface area contributed by atoms with E-state index in [4.69, 9.17) is 15.2 Å². The molecule has 0 bridgehead atoms. The van der Waals surface area contributed by atoms with E-state index in [0.29, 0.717) is 6.61 Å². The average Bonchev–Trinajstić information content (AvgIpc) is 2.34. The van der Waals surface area contributed by atoms with E-state index in [9.17, 15) is 5.11 Å². The first kappa shape index (κ1) is 12.9. The lowest BCUT2D eigenvalue weighted by atomic mass is 10.1. The van der Waals surface area contributed by atoms with Crippen LogP contribution in [-0.4, -0.2) is 36.3 Å². The van der Waals surface area contributed by atoms with Gasteiger partial charge in [0, 0.05) is 12.8 Å². The van der Waals surface area contributed by atoms with Crippen LogP contribution in [0.2, 0.25) is 0 Å². The van der Waals surface area contributed by atoms with Gasteiger partial charge in [0.05, 0.1) is 25.4 Å². The maximum absolute atomic E-state index is 9.60. The molecule has 0 saturated carbocycles. The second kappa shape index (κ2) is 5.80. The van der Waals surface area contributed by atoms with Crippen molar-refractivity contribution >= 4 is 0 Å². The first-order chi connectivity index (χ1) is 7.13. The maximum Gasteiger partial charge on any atom is 0.168 e. The zero-order chi connectivity index (χ0) is 11.3. The fourth-order valence-electron chi connectivity index (χ4n) is 1.94. The minimum Gasteiger partial charge on any atom is -0.389 e. The van der Waals surface area contributed by atoms with E-state index >= 15 is 0 Å². The van der Waals surface area contributed by atoms with Crippen molar-refractivity contribution in [3.05, 3.63) is 0 Å². The van der Waals surface area contributed by atoms with Crippen molar-refractivity contribution < 1.29 is 14.6 Å². The number of aliphatic hydroxyl groups excluding tert-OH is 1. The third-order valence-electron chi connectivity index (χ3n) is 2.81. The van der Waals surface area contributed by atoms with Gasteiger partial charge in [-0.05, 0) is 0 Å². The molecule has 2 unspecified atom stereocenters. The van der Waals surface area contributed by atoms with Gasteiger partial charge in [-0.2, -0.15) is 0 Å². The van der Waals surface area contributed by atoms with Gasteiger partial charge in [0.15, 0.2) is 5.79 Å². The largest absolute Gasteiger partial charge is 0.389 e. The molecule has 0 aliphatic carbocycles. The summed E-state index contributed by atoms with van der Waals surface area (Å²) in [5, 5.41) is 9.60. The van der Waals surface area contributed by atoms with Crippen LogP contribution in [0.3, 0.4) is 0 Å².